The molecule has 5 heteroatoms. The van der Waals surface area contributed by atoms with Gasteiger partial charge in [0.2, 0.25) is 5.91 Å². The second-order valence-electron chi connectivity index (χ2n) is 5.68. The third kappa shape index (κ3) is 3.82. The molecule has 2 rings (SSSR count). The lowest BCUT2D eigenvalue weighted by Crippen LogP contribution is -2.50. The minimum atomic E-state index is -0.178. The van der Waals surface area contributed by atoms with E-state index >= 15 is 0 Å². The number of aryl methyl sites for hydroxylation is 1. The minimum Gasteiger partial charge on any atom is -0.356 e. The average molecular weight is 278 g/mol. The van der Waals surface area contributed by atoms with Gasteiger partial charge >= 0.3 is 0 Å². The highest BCUT2D eigenvalue weighted by atomic mass is 16.2. The Balaban J connectivity index is 1.66. The molecule has 0 bridgehead atoms. The monoisotopic (exact) mass is 278 g/mol. The molecule has 0 radical (unpaired) electrons. The van der Waals surface area contributed by atoms with Crippen LogP contribution in [0.2, 0.25) is 0 Å². The van der Waals surface area contributed by atoms with E-state index in [1.807, 2.05) is 12.5 Å². The third-order valence-corrected chi connectivity index (χ3v) is 4.32. The van der Waals surface area contributed by atoms with Crippen molar-refractivity contribution in [2.24, 2.45) is 5.41 Å². The van der Waals surface area contributed by atoms with Gasteiger partial charge in [0.1, 0.15) is 0 Å². The largest absolute Gasteiger partial charge is 0.356 e. The van der Waals surface area contributed by atoms with Crippen LogP contribution >= 0.6 is 0 Å². The van der Waals surface area contributed by atoms with Gasteiger partial charge in [-0.25, -0.2) is 4.98 Å². The van der Waals surface area contributed by atoms with Crippen molar-refractivity contribution >= 4 is 5.91 Å². The molecule has 0 saturated carbocycles. The number of piperidine rings is 1. The van der Waals surface area contributed by atoms with E-state index in [4.69, 9.17) is 0 Å². The SMILES string of the molecule is CCC1(C(=O)NCCCCn2ccnc2)CCCNC1. The molecule has 1 saturated heterocycles. The fraction of sp³-hybridized carbons (Fsp3) is 0.733. The highest BCUT2D eigenvalue weighted by molar-refractivity contribution is 5.82. The van der Waals surface area contributed by atoms with E-state index in [-0.39, 0.29) is 11.3 Å². The second-order valence-corrected chi connectivity index (χ2v) is 5.68. The molecule has 5 nitrogen and oxygen atoms in total. The molecular weight excluding hydrogens is 252 g/mol. The number of unbranched alkanes of at least 4 members (excludes halogenated alkanes) is 1. The van der Waals surface area contributed by atoms with E-state index in [1.54, 1.807) is 6.20 Å². The first-order valence-corrected chi connectivity index (χ1v) is 7.71. The maximum atomic E-state index is 12.4. The van der Waals surface area contributed by atoms with Crippen molar-refractivity contribution in [3.05, 3.63) is 18.7 Å². The summed E-state index contributed by atoms with van der Waals surface area (Å²) in [7, 11) is 0. The van der Waals surface area contributed by atoms with Crippen LogP contribution in [0.25, 0.3) is 0 Å². The van der Waals surface area contributed by atoms with Gasteiger partial charge in [-0.05, 0) is 38.6 Å². The van der Waals surface area contributed by atoms with Gasteiger partial charge in [0.15, 0.2) is 0 Å². The van der Waals surface area contributed by atoms with Crippen molar-refractivity contribution in [3.8, 4) is 0 Å². The summed E-state index contributed by atoms with van der Waals surface area (Å²) in [5, 5.41) is 6.48. The van der Waals surface area contributed by atoms with Crippen LogP contribution in [0.15, 0.2) is 18.7 Å². The normalized spacial score (nSPS) is 22.6. The fourth-order valence-electron chi connectivity index (χ4n) is 2.85. The Morgan fingerprint density at radius 1 is 1.50 bits per heavy atom. The van der Waals surface area contributed by atoms with Crippen LogP contribution in [-0.2, 0) is 11.3 Å². The molecule has 1 unspecified atom stereocenters. The zero-order chi connectivity index (χ0) is 14.3. The van der Waals surface area contributed by atoms with Crippen molar-refractivity contribution in [1.82, 2.24) is 20.2 Å². The van der Waals surface area contributed by atoms with E-state index in [1.165, 1.54) is 0 Å². The Bertz CT molecular complexity index is 396. The van der Waals surface area contributed by atoms with Crippen LogP contribution in [0.1, 0.15) is 39.0 Å². The zero-order valence-electron chi connectivity index (χ0n) is 12.4. The molecule has 0 spiro atoms. The summed E-state index contributed by atoms with van der Waals surface area (Å²) >= 11 is 0. The van der Waals surface area contributed by atoms with Crippen molar-refractivity contribution in [3.63, 3.8) is 0 Å². The van der Waals surface area contributed by atoms with Crippen LogP contribution < -0.4 is 10.6 Å². The molecule has 1 fully saturated rings. The summed E-state index contributed by atoms with van der Waals surface area (Å²) < 4.78 is 2.07. The molecule has 20 heavy (non-hydrogen) atoms. The topological polar surface area (TPSA) is 59.0 Å². The van der Waals surface area contributed by atoms with Crippen LogP contribution in [0.4, 0.5) is 0 Å². The van der Waals surface area contributed by atoms with Crippen molar-refractivity contribution in [2.45, 2.75) is 45.6 Å². The van der Waals surface area contributed by atoms with E-state index in [9.17, 15) is 4.79 Å². The first kappa shape index (κ1) is 15.0. The van der Waals surface area contributed by atoms with Gasteiger partial charge in [-0.15, -0.1) is 0 Å². The summed E-state index contributed by atoms with van der Waals surface area (Å²) in [6, 6.07) is 0. The predicted molar refractivity (Wildman–Crippen MR) is 79.3 cm³/mol. The van der Waals surface area contributed by atoms with Gasteiger partial charge in [0.25, 0.3) is 0 Å². The van der Waals surface area contributed by atoms with E-state index in [2.05, 4.69) is 27.1 Å². The van der Waals surface area contributed by atoms with Crippen molar-refractivity contribution < 1.29 is 4.79 Å². The Kier molecular flexibility index (Phi) is 5.59. The molecular formula is C15H26N4O. The number of hydrogen-bond acceptors (Lipinski definition) is 3. The Morgan fingerprint density at radius 3 is 3.05 bits per heavy atom. The molecule has 2 heterocycles. The smallest absolute Gasteiger partial charge is 0.227 e. The second kappa shape index (κ2) is 7.43. The quantitative estimate of drug-likeness (QED) is 0.744. The minimum absolute atomic E-state index is 0.178. The van der Waals surface area contributed by atoms with Gasteiger partial charge in [0, 0.05) is 32.0 Å². The van der Waals surface area contributed by atoms with Crippen LogP contribution in [-0.4, -0.2) is 35.1 Å². The summed E-state index contributed by atoms with van der Waals surface area (Å²) in [4.78, 5) is 16.4. The Hall–Kier alpha value is -1.36. The number of aromatic nitrogens is 2. The molecule has 1 atom stereocenters. The number of nitrogens with one attached hydrogen (secondary N) is 2. The van der Waals surface area contributed by atoms with Crippen LogP contribution in [0.3, 0.4) is 0 Å². The highest BCUT2D eigenvalue weighted by Gasteiger charge is 2.37. The van der Waals surface area contributed by atoms with Gasteiger partial charge < -0.3 is 15.2 Å². The van der Waals surface area contributed by atoms with Gasteiger partial charge in [0.05, 0.1) is 11.7 Å². The number of rotatable bonds is 7. The highest BCUT2D eigenvalue weighted by Crippen LogP contribution is 2.30. The lowest BCUT2D eigenvalue weighted by atomic mass is 9.77. The number of nitrogens with zero attached hydrogens (tertiary/aromatic N) is 2. The molecule has 2 N–H and O–H groups in total. The number of carbonyl (C=O) groups is 1. The summed E-state index contributed by atoms with van der Waals surface area (Å²) in [5.41, 5.74) is -0.178. The first-order chi connectivity index (χ1) is 9.77. The third-order valence-electron chi connectivity index (χ3n) is 4.32. The lowest BCUT2D eigenvalue weighted by molar-refractivity contribution is -0.132. The van der Waals surface area contributed by atoms with Gasteiger partial charge in [-0.2, -0.15) is 0 Å². The summed E-state index contributed by atoms with van der Waals surface area (Å²) in [5.74, 6) is 0.231. The number of hydrogen-bond donors (Lipinski definition) is 2. The number of amides is 1. The van der Waals surface area contributed by atoms with E-state index in [0.717, 1.165) is 58.3 Å². The number of carbonyl (C=O) groups excluding carboxylic acids is 1. The number of imidazole rings is 1. The lowest BCUT2D eigenvalue weighted by Gasteiger charge is -2.35. The zero-order valence-corrected chi connectivity index (χ0v) is 12.4. The summed E-state index contributed by atoms with van der Waals surface area (Å²) in [6.07, 6.45) is 10.7. The van der Waals surface area contributed by atoms with Gasteiger partial charge in [-0.3, -0.25) is 4.79 Å². The van der Waals surface area contributed by atoms with E-state index in [0.29, 0.717) is 0 Å². The van der Waals surface area contributed by atoms with Crippen molar-refractivity contribution in [2.75, 3.05) is 19.6 Å². The fourth-order valence-corrected chi connectivity index (χ4v) is 2.85. The molecule has 1 aliphatic heterocycles. The molecule has 0 aliphatic carbocycles. The Morgan fingerprint density at radius 2 is 2.40 bits per heavy atom. The molecule has 1 aliphatic rings. The predicted octanol–water partition coefficient (Wildman–Crippen LogP) is 1.56. The standard InChI is InChI=1S/C15H26N4O/c1-2-15(6-5-7-16-12-15)14(20)18-8-3-4-10-19-11-9-17-13-19/h9,11,13,16H,2-8,10,12H2,1H3,(H,18,20). The Labute approximate surface area is 121 Å². The van der Waals surface area contributed by atoms with Crippen LogP contribution in [0, 0.1) is 5.41 Å². The van der Waals surface area contributed by atoms with E-state index < -0.39 is 0 Å². The summed E-state index contributed by atoms with van der Waals surface area (Å²) in [6.45, 7) is 5.72. The maximum Gasteiger partial charge on any atom is 0.227 e. The van der Waals surface area contributed by atoms with Gasteiger partial charge in [-0.1, -0.05) is 6.92 Å². The molecule has 0 aromatic carbocycles. The average Bonchev–Trinajstić information content (AvgIpc) is 3.00. The molecule has 112 valence electrons. The molecule has 1 aromatic heterocycles. The van der Waals surface area contributed by atoms with Crippen LogP contribution in [0.5, 0.6) is 0 Å². The molecule has 1 amide bonds. The van der Waals surface area contributed by atoms with Crippen molar-refractivity contribution in [1.29, 1.82) is 0 Å². The maximum absolute atomic E-state index is 12.4. The molecule has 1 aromatic rings. The first-order valence-electron chi connectivity index (χ1n) is 7.71.